The standard InChI is InChI=1S/C17H21Cl2NO3/c1-10-5-3-4-6-15(10)20-16(21)11(2)23-17(22)13-9-12(18)7-8-14(13)19/h7-11,15H,3-6H2,1-2H3,(H,20,21)/t10-,11+,15+/m0/s1. The maximum Gasteiger partial charge on any atom is 0.340 e. The third-order valence-electron chi connectivity index (χ3n) is 4.24. The van der Waals surface area contributed by atoms with E-state index in [2.05, 4.69) is 12.2 Å². The molecule has 0 saturated heterocycles. The molecule has 2 rings (SSSR count). The summed E-state index contributed by atoms with van der Waals surface area (Å²) in [5, 5.41) is 3.60. The van der Waals surface area contributed by atoms with Crippen LogP contribution in [0.25, 0.3) is 0 Å². The lowest BCUT2D eigenvalue weighted by Crippen LogP contribution is -2.46. The highest BCUT2D eigenvalue weighted by atomic mass is 35.5. The van der Waals surface area contributed by atoms with Crippen LogP contribution in [0.3, 0.4) is 0 Å². The van der Waals surface area contributed by atoms with Gasteiger partial charge >= 0.3 is 5.97 Å². The van der Waals surface area contributed by atoms with E-state index in [-0.39, 0.29) is 22.5 Å². The number of carbonyl (C=O) groups excluding carboxylic acids is 2. The van der Waals surface area contributed by atoms with E-state index in [1.807, 2.05) is 0 Å². The van der Waals surface area contributed by atoms with Gasteiger partial charge in [-0.1, -0.05) is 43.0 Å². The first kappa shape index (κ1) is 18.1. The Morgan fingerprint density at radius 1 is 1.26 bits per heavy atom. The molecule has 1 aromatic carbocycles. The fourth-order valence-electron chi connectivity index (χ4n) is 2.76. The molecule has 3 atom stereocenters. The molecule has 1 aliphatic rings. The van der Waals surface area contributed by atoms with Crippen molar-refractivity contribution in [1.82, 2.24) is 5.32 Å². The third-order valence-corrected chi connectivity index (χ3v) is 4.81. The quantitative estimate of drug-likeness (QED) is 0.820. The minimum absolute atomic E-state index is 0.146. The van der Waals surface area contributed by atoms with Crippen molar-refractivity contribution in [2.75, 3.05) is 0 Å². The summed E-state index contributed by atoms with van der Waals surface area (Å²) in [7, 11) is 0. The van der Waals surface area contributed by atoms with Crippen LogP contribution in [0.15, 0.2) is 18.2 Å². The van der Waals surface area contributed by atoms with Crippen molar-refractivity contribution >= 4 is 35.1 Å². The van der Waals surface area contributed by atoms with Crippen molar-refractivity contribution in [2.24, 2.45) is 5.92 Å². The Morgan fingerprint density at radius 2 is 1.96 bits per heavy atom. The summed E-state index contributed by atoms with van der Waals surface area (Å²) in [5.41, 5.74) is 0.157. The fourth-order valence-corrected chi connectivity index (χ4v) is 3.13. The first-order chi connectivity index (χ1) is 10.9. The van der Waals surface area contributed by atoms with Crippen LogP contribution in [0, 0.1) is 5.92 Å². The zero-order valence-corrected chi connectivity index (χ0v) is 14.8. The van der Waals surface area contributed by atoms with Crippen LogP contribution in [0.1, 0.15) is 49.9 Å². The van der Waals surface area contributed by atoms with Crippen LogP contribution in [0.2, 0.25) is 10.0 Å². The Balaban J connectivity index is 1.94. The van der Waals surface area contributed by atoms with Crippen molar-refractivity contribution in [1.29, 1.82) is 0 Å². The Hall–Kier alpha value is -1.26. The summed E-state index contributed by atoms with van der Waals surface area (Å²) in [6.45, 7) is 3.69. The zero-order valence-electron chi connectivity index (χ0n) is 13.3. The van der Waals surface area contributed by atoms with Gasteiger partial charge in [0, 0.05) is 11.1 Å². The number of nitrogens with one attached hydrogen (secondary N) is 1. The smallest absolute Gasteiger partial charge is 0.340 e. The fraction of sp³-hybridized carbons (Fsp3) is 0.529. The second kappa shape index (κ2) is 8.02. The summed E-state index contributed by atoms with van der Waals surface area (Å²) < 4.78 is 5.22. The molecule has 1 aliphatic carbocycles. The summed E-state index contributed by atoms with van der Waals surface area (Å²) in [5.74, 6) is -0.495. The summed E-state index contributed by atoms with van der Waals surface area (Å²) >= 11 is 11.8. The van der Waals surface area contributed by atoms with E-state index in [0.717, 1.165) is 19.3 Å². The number of hydrogen-bond acceptors (Lipinski definition) is 3. The van der Waals surface area contributed by atoms with Gasteiger partial charge in [-0.25, -0.2) is 4.79 Å². The van der Waals surface area contributed by atoms with E-state index in [9.17, 15) is 9.59 Å². The number of ether oxygens (including phenoxy) is 1. The Bertz CT molecular complexity index is 591. The second-order valence-corrected chi connectivity index (χ2v) is 6.89. The van der Waals surface area contributed by atoms with Gasteiger partial charge in [0.1, 0.15) is 0 Å². The molecule has 0 radical (unpaired) electrons. The molecule has 1 saturated carbocycles. The normalized spacial score (nSPS) is 22.3. The van der Waals surface area contributed by atoms with Crippen molar-refractivity contribution < 1.29 is 14.3 Å². The van der Waals surface area contributed by atoms with Crippen LogP contribution in [-0.4, -0.2) is 24.0 Å². The average molecular weight is 358 g/mol. The molecule has 6 heteroatoms. The molecule has 1 amide bonds. The van der Waals surface area contributed by atoms with Gasteiger partial charge in [0.25, 0.3) is 5.91 Å². The van der Waals surface area contributed by atoms with Gasteiger partial charge in [-0.3, -0.25) is 4.79 Å². The van der Waals surface area contributed by atoms with Gasteiger partial charge in [0.2, 0.25) is 0 Å². The molecule has 0 aromatic heterocycles. The Kier molecular flexibility index (Phi) is 6.31. The van der Waals surface area contributed by atoms with Crippen LogP contribution >= 0.6 is 23.2 Å². The van der Waals surface area contributed by atoms with Gasteiger partial charge in [-0.05, 0) is 43.9 Å². The lowest BCUT2D eigenvalue weighted by molar-refractivity contribution is -0.130. The van der Waals surface area contributed by atoms with E-state index in [1.54, 1.807) is 13.0 Å². The van der Waals surface area contributed by atoms with Crippen molar-refractivity contribution in [3.8, 4) is 0 Å². The van der Waals surface area contributed by atoms with Crippen molar-refractivity contribution in [2.45, 2.75) is 51.7 Å². The molecule has 0 unspecified atom stereocenters. The first-order valence-corrected chi connectivity index (χ1v) is 8.60. The summed E-state index contributed by atoms with van der Waals surface area (Å²) in [4.78, 5) is 24.4. The number of carbonyl (C=O) groups is 2. The van der Waals surface area contributed by atoms with E-state index in [4.69, 9.17) is 27.9 Å². The number of amides is 1. The minimum Gasteiger partial charge on any atom is -0.449 e. The molecule has 1 N–H and O–H groups in total. The molecule has 23 heavy (non-hydrogen) atoms. The predicted molar refractivity (Wildman–Crippen MR) is 90.9 cm³/mol. The Morgan fingerprint density at radius 3 is 2.65 bits per heavy atom. The topological polar surface area (TPSA) is 55.4 Å². The van der Waals surface area contributed by atoms with Gasteiger partial charge in [-0.2, -0.15) is 0 Å². The first-order valence-electron chi connectivity index (χ1n) is 7.85. The largest absolute Gasteiger partial charge is 0.449 e. The lowest BCUT2D eigenvalue weighted by atomic mass is 9.86. The highest BCUT2D eigenvalue weighted by Gasteiger charge is 2.27. The Labute approximate surface area is 146 Å². The molecule has 0 heterocycles. The second-order valence-electron chi connectivity index (χ2n) is 6.05. The lowest BCUT2D eigenvalue weighted by Gasteiger charge is -2.30. The molecular formula is C17H21Cl2NO3. The van der Waals surface area contributed by atoms with E-state index < -0.39 is 12.1 Å². The summed E-state index contributed by atoms with van der Waals surface area (Å²) in [6.07, 6.45) is 3.50. The molecule has 1 aromatic rings. The highest BCUT2D eigenvalue weighted by Crippen LogP contribution is 2.24. The van der Waals surface area contributed by atoms with Crippen molar-refractivity contribution in [3.05, 3.63) is 33.8 Å². The summed E-state index contributed by atoms with van der Waals surface area (Å²) in [6, 6.07) is 4.68. The third kappa shape index (κ3) is 4.85. The van der Waals surface area contributed by atoms with Crippen LogP contribution < -0.4 is 5.32 Å². The van der Waals surface area contributed by atoms with Gasteiger partial charge < -0.3 is 10.1 Å². The molecule has 126 valence electrons. The molecular weight excluding hydrogens is 337 g/mol. The van der Waals surface area contributed by atoms with E-state index >= 15 is 0 Å². The van der Waals surface area contributed by atoms with Crippen molar-refractivity contribution in [3.63, 3.8) is 0 Å². The maximum atomic E-state index is 12.2. The van der Waals surface area contributed by atoms with Crippen LogP contribution in [-0.2, 0) is 9.53 Å². The van der Waals surface area contributed by atoms with Gasteiger partial charge in [0.05, 0.1) is 10.6 Å². The number of hydrogen-bond donors (Lipinski definition) is 1. The number of rotatable bonds is 4. The number of halogens is 2. The molecule has 1 fully saturated rings. The molecule has 0 bridgehead atoms. The molecule has 0 spiro atoms. The van der Waals surface area contributed by atoms with Crippen LogP contribution in [0.4, 0.5) is 0 Å². The van der Waals surface area contributed by atoms with Gasteiger partial charge in [-0.15, -0.1) is 0 Å². The zero-order chi connectivity index (χ0) is 17.0. The number of benzene rings is 1. The molecule has 4 nitrogen and oxygen atoms in total. The van der Waals surface area contributed by atoms with Crippen LogP contribution in [0.5, 0.6) is 0 Å². The highest BCUT2D eigenvalue weighted by molar-refractivity contribution is 6.35. The predicted octanol–water partition coefficient (Wildman–Crippen LogP) is 4.23. The van der Waals surface area contributed by atoms with E-state index in [1.165, 1.54) is 18.6 Å². The maximum absolute atomic E-state index is 12.2. The van der Waals surface area contributed by atoms with Gasteiger partial charge in [0.15, 0.2) is 6.10 Å². The average Bonchev–Trinajstić information content (AvgIpc) is 2.51. The number of esters is 1. The SMILES string of the molecule is C[C@@H](OC(=O)c1cc(Cl)ccc1Cl)C(=O)N[C@@H]1CCCC[C@@H]1C. The minimum atomic E-state index is -0.883. The van der Waals surface area contributed by atoms with E-state index in [0.29, 0.717) is 10.9 Å². The monoisotopic (exact) mass is 357 g/mol. The molecule has 0 aliphatic heterocycles.